The first-order valence-corrected chi connectivity index (χ1v) is 31.2. The summed E-state index contributed by atoms with van der Waals surface area (Å²) in [6.07, 6.45) is 7.07. The Labute approximate surface area is 471 Å². The Kier molecular flexibility index (Phi) is 9.75. The standard InChI is InChI=1S/C72H43I2NO3/c1-6-27-63-50(17-1)51-19-12-18-49(69(51)78-63)44-32-35-47(36-33-44)75(62-26-13-25-61-68(62)54-43-73-40-38-56(54)71(61)57-21-2-7-28-64(57)76-65-29-8-3-22-58(65)71)48-16-11-15-45(41-48)46-34-37-55-53(42-46)52-20-14-39-74-70(52)72(55)59-23-4-9-30-66(59)77-67-31-10-5-24-60(67)72/h1-43H. The van der Waals surface area contributed by atoms with Crippen LogP contribution >= 0.6 is 41.5 Å². The highest BCUT2D eigenvalue weighted by molar-refractivity contribution is 14.2. The van der Waals surface area contributed by atoms with Crippen molar-refractivity contribution in [3.63, 3.8) is 0 Å². The molecule has 6 heteroatoms. The monoisotopic (exact) mass is 1220 g/mol. The quantitative estimate of drug-likeness (QED) is 0.161. The Morgan fingerprint density at radius 2 is 1.04 bits per heavy atom. The van der Waals surface area contributed by atoms with Crippen molar-refractivity contribution in [2.75, 3.05) is 4.90 Å². The summed E-state index contributed by atoms with van der Waals surface area (Å²) in [5.74, 6) is 3.65. The molecule has 17 rings (SSSR count). The summed E-state index contributed by atoms with van der Waals surface area (Å²) in [5.41, 5.74) is 22.4. The van der Waals surface area contributed by atoms with Gasteiger partial charge in [-0.05, 0) is 129 Å². The lowest BCUT2D eigenvalue weighted by Gasteiger charge is -2.40. The molecule has 0 bridgehead atoms. The number of fused-ring (bicyclic) bond motifs is 19. The topological polar surface area (TPSA) is 34.8 Å². The average Bonchev–Trinajstić information content (AvgIpc) is 4.29. The van der Waals surface area contributed by atoms with Crippen LogP contribution < -0.4 is 14.4 Å². The molecule has 0 fully saturated rings. The maximum absolute atomic E-state index is 6.76. The fourth-order valence-corrected chi connectivity index (χ4v) is 18.4. The van der Waals surface area contributed by atoms with Gasteiger partial charge in [-0.15, -0.1) is 0 Å². The van der Waals surface area contributed by atoms with Crippen molar-refractivity contribution >= 4 is 99.6 Å². The van der Waals surface area contributed by atoms with Gasteiger partial charge in [0, 0.05) is 59.1 Å². The third-order valence-corrected chi connectivity index (χ3v) is 21.3. The third kappa shape index (κ3) is 6.10. The fraction of sp³-hybridized carbons (Fsp3) is 0.0278. The predicted molar refractivity (Wildman–Crippen MR) is 337 cm³/mol. The molecule has 78 heavy (non-hydrogen) atoms. The first-order chi connectivity index (χ1) is 38.7. The first-order valence-electron chi connectivity index (χ1n) is 26.4. The molecule has 4 aliphatic heterocycles. The van der Waals surface area contributed by atoms with Gasteiger partial charge in [-0.1, -0.05) is 217 Å². The molecule has 0 radical (unpaired) electrons. The minimum absolute atomic E-state index is 0.337. The zero-order valence-corrected chi connectivity index (χ0v) is 46.1. The number of halogens is 2. The van der Waals surface area contributed by atoms with Crippen molar-refractivity contribution in [3.8, 4) is 45.3 Å². The molecule has 10 aromatic carbocycles. The van der Waals surface area contributed by atoms with E-state index < -0.39 is 31.6 Å². The van der Waals surface area contributed by atoms with Crippen molar-refractivity contribution in [1.82, 2.24) is 0 Å². The highest BCUT2D eigenvalue weighted by Gasteiger charge is 2.54. The zero-order valence-electron chi connectivity index (χ0n) is 41.8. The van der Waals surface area contributed by atoms with E-state index in [0.717, 1.165) is 78.7 Å². The maximum atomic E-state index is 6.76. The van der Waals surface area contributed by atoms with Crippen LogP contribution in [0.15, 0.2) is 260 Å². The van der Waals surface area contributed by atoms with Crippen LogP contribution in [0.4, 0.5) is 17.1 Å². The summed E-state index contributed by atoms with van der Waals surface area (Å²) in [5, 5.41) is 2.25. The number of rotatable bonds is 5. The molecule has 2 spiro atoms. The van der Waals surface area contributed by atoms with Crippen molar-refractivity contribution in [2.45, 2.75) is 10.8 Å². The number of hydrogen-bond acceptors (Lipinski definition) is 4. The number of para-hydroxylation sites is 6. The van der Waals surface area contributed by atoms with Crippen LogP contribution in [-0.2, 0) is 10.8 Å². The lowest BCUT2D eigenvalue weighted by molar-refractivity contribution is 0.436. The van der Waals surface area contributed by atoms with Gasteiger partial charge in [0.05, 0.1) is 16.5 Å². The maximum Gasteiger partial charge on any atom is 0.143 e. The number of ether oxygens (including phenoxy) is 2. The van der Waals surface area contributed by atoms with E-state index in [1.54, 1.807) is 0 Å². The van der Waals surface area contributed by atoms with Crippen molar-refractivity contribution in [3.05, 3.63) is 300 Å². The van der Waals surface area contributed by atoms with E-state index in [0.29, 0.717) is 0 Å². The molecule has 0 atom stereocenters. The smallest absolute Gasteiger partial charge is 0.143 e. The van der Waals surface area contributed by atoms with Gasteiger partial charge < -0.3 is 18.8 Å². The largest absolute Gasteiger partial charge is 0.457 e. The Balaban J connectivity index is 0.870. The Bertz CT molecular complexity index is 4550. The van der Waals surface area contributed by atoms with Crippen molar-refractivity contribution in [2.24, 2.45) is 0 Å². The lowest BCUT2D eigenvalue weighted by Crippen LogP contribution is -2.33. The van der Waals surface area contributed by atoms with Crippen LogP contribution in [0.2, 0.25) is 0 Å². The third-order valence-electron chi connectivity index (χ3n) is 16.8. The molecular formula is C72H43I2NO3. The van der Waals surface area contributed by atoms with E-state index in [9.17, 15) is 0 Å². The molecule has 0 saturated carbocycles. The van der Waals surface area contributed by atoms with E-state index in [1.807, 2.05) is 6.07 Å². The van der Waals surface area contributed by atoms with Gasteiger partial charge in [0.25, 0.3) is 0 Å². The molecule has 1 aromatic heterocycles. The van der Waals surface area contributed by atoms with Gasteiger partial charge in [-0.3, -0.25) is 0 Å². The van der Waals surface area contributed by atoms with E-state index in [-0.39, 0.29) is 20.7 Å². The van der Waals surface area contributed by atoms with Gasteiger partial charge in [-0.2, -0.15) is 0 Å². The summed E-state index contributed by atoms with van der Waals surface area (Å²) in [7, 11) is 0. The van der Waals surface area contributed by atoms with Gasteiger partial charge in [0.2, 0.25) is 0 Å². The van der Waals surface area contributed by atoms with Crippen LogP contribution in [0.5, 0.6) is 23.0 Å². The number of benzene rings is 10. The average molecular weight is 1220 g/mol. The molecule has 6 aliphatic rings. The van der Waals surface area contributed by atoms with E-state index >= 15 is 0 Å². The normalized spacial score (nSPS) is 16.0. The molecular weight excluding hydrogens is 1180 g/mol. The molecule has 0 unspecified atom stereocenters. The van der Waals surface area contributed by atoms with E-state index in [2.05, 4.69) is 254 Å². The van der Waals surface area contributed by atoms with Crippen molar-refractivity contribution in [1.29, 1.82) is 0 Å². The lowest BCUT2D eigenvalue weighted by atomic mass is 9.65. The molecule has 4 nitrogen and oxygen atoms in total. The molecule has 5 heterocycles. The molecule has 11 aromatic rings. The van der Waals surface area contributed by atoms with Crippen LogP contribution in [0.3, 0.4) is 0 Å². The van der Waals surface area contributed by atoms with E-state index in [1.165, 1.54) is 70.4 Å². The predicted octanol–water partition coefficient (Wildman–Crippen LogP) is 19.4. The van der Waals surface area contributed by atoms with Gasteiger partial charge in [0.15, 0.2) is 0 Å². The number of anilines is 3. The second kappa shape index (κ2) is 17.0. The molecule has 0 N–H and O–H groups in total. The van der Waals surface area contributed by atoms with Crippen LogP contribution in [-0.4, -0.2) is 8.02 Å². The summed E-state index contributed by atoms with van der Waals surface area (Å²) < 4.78 is 28.9. The van der Waals surface area contributed by atoms with Crippen LogP contribution in [0, 0.1) is 0 Å². The van der Waals surface area contributed by atoms with Crippen LogP contribution in [0.25, 0.3) is 55.3 Å². The minimum atomic E-state index is -0.583. The first kappa shape index (κ1) is 44.7. The molecule has 2 aliphatic carbocycles. The summed E-state index contributed by atoms with van der Waals surface area (Å²) in [4.78, 5) is 2.50. The Morgan fingerprint density at radius 3 is 1.78 bits per heavy atom. The minimum Gasteiger partial charge on any atom is -0.457 e. The summed E-state index contributed by atoms with van der Waals surface area (Å²) in [6, 6.07) is 82.0. The molecule has 0 saturated heterocycles. The van der Waals surface area contributed by atoms with E-state index in [4.69, 9.17) is 13.9 Å². The molecule has 368 valence electrons. The SMILES string of the molecule is C1=CC2=C(I=C1)C1(c3ccccc3Oc3ccccc31)c1ccc(-c3cccc(N(c4ccc(-c5cccc6c5oc5ccccc56)cc4)c4cccc5c4C4=C(C=CI=C4)C54c5ccccc5Oc5ccccc54)c3)cc12. The van der Waals surface area contributed by atoms with Crippen LogP contribution in [0.1, 0.15) is 44.5 Å². The second-order valence-corrected chi connectivity index (χ2v) is 25.0. The number of furan rings is 1. The summed E-state index contributed by atoms with van der Waals surface area (Å²) in [6.45, 7) is 0. The highest BCUT2D eigenvalue weighted by Crippen LogP contribution is 2.66. The Morgan fingerprint density at radius 1 is 0.423 bits per heavy atom. The van der Waals surface area contributed by atoms with Gasteiger partial charge >= 0.3 is 0 Å². The zero-order chi connectivity index (χ0) is 51.1. The second-order valence-electron chi connectivity index (χ2n) is 20.5. The van der Waals surface area contributed by atoms with Gasteiger partial charge in [0.1, 0.15) is 34.2 Å². The number of nitrogens with zero attached hydrogens (tertiary/aromatic N) is 1. The highest BCUT2D eigenvalue weighted by atomic mass is 127. The Hall–Kier alpha value is -8.44. The number of allylic oxidation sites excluding steroid dienone is 7. The molecule has 0 amide bonds. The van der Waals surface area contributed by atoms with Gasteiger partial charge in [-0.25, -0.2) is 0 Å². The van der Waals surface area contributed by atoms with Crippen molar-refractivity contribution < 1.29 is 13.9 Å². The summed E-state index contributed by atoms with van der Waals surface area (Å²) >= 11 is -0.765. The fourth-order valence-electron chi connectivity index (χ4n) is 13.7. The number of hydrogen-bond donors (Lipinski definition) is 0.